The van der Waals surface area contributed by atoms with Crippen LogP contribution >= 0.6 is 0 Å². The molecule has 1 saturated heterocycles. The molecule has 14 heavy (non-hydrogen) atoms. The van der Waals surface area contributed by atoms with Gasteiger partial charge in [-0.25, -0.2) is 0 Å². The molecule has 1 heterocycles. The number of nitrogens with one attached hydrogen (secondary N) is 1. The van der Waals surface area contributed by atoms with Crippen molar-refractivity contribution in [3.05, 3.63) is 0 Å². The van der Waals surface area contributed by atoms with Crippen LogP contribution in [0.4, 0.5) is 0 Å². The molecule has 2 unspecified atom stereocenters. The van der Waals surface area contributed by atoms with E-state index in [9.17, 15) is 5.11 Å². The van der Waals surface area contributed by atoms with E-state index in [0.717, 1.165) is 38.9 Å². The van der Waals surface area contributed by atoms with Crippen LogP contribution in [0.15, 0.2) is 0 Å². The second kappa shape index (κ2) is 5.10. The Morgan fingerprint density at radius 2 is 1.71 bits per heavy atom. The number of ether oxygens (including phenoxy) is 1. The monoisotopic (exact) mass is 199 g/mol. The van der Waals surface area contributed by atoms with Crippen molar-refractivity contribution < 1.29 is 9.84 Å². The predicted octanol–water partition coefficient (Wildman–Crippen LogP) is 1.06. The molecule has 0 bridgehead atoms. The summed E-state index contributed by atoms with van der Waals surface area (Å²) in [6.45, 7) is 1.75. The molecule has 2 fully saturated rings. The lowest BCUT2D eigenvalue weighted by atomic mass is 9.91. The predicted molar refractivity (Wildman–Crippen MR) is 55.2 cm³/mol. The summed E-state index contributed by atoms with van der Waals surface area (Å²) in [6, 6.07) is 0.911. The normalized spacial score (nSPS) is 35.8. The highest BCUT2D eigenvalue weighted by Gasteiger charge is 2.25. The summed E-state index contributed by atoms with van der Waals surface area (Å²) >= 11 is 0. The number of rotatable bonds is 2. The van der Waals surface area contributed by atoms with Crippen molar-refractivity contribution in [3.63, 3.8) is 0 Å². The molecular formula is C11H21NO2. The third-order valence-electron chi connectivity index (χ3n) is 3.40. The lowest BCUT2D eigenvalue weighted by Crippen LogP contribution is -2.48. The van der Waals surface area contributed by atoms with Crippen molar-refractivity contribution in [2.45, 2.75) is 56.7 Å². The summed E-state index contributed by atoms with van der Waals surface area (Å²) in [7, 11) is 0. The SMILES string of the molecule is OC1CCCCC1NC1CCOCC1. The van der Waals surface area contributed by atoms with Gasteiger partial charge < -0.3 is 15.2 Å². The fourth-order valence-electron chi connectivity index (χ4n) is 2.47. The molecule has 0 aromatic heterocycles. The summed E-state index contributed by atoms with van der Waals surface area (Å²) in [5.74, 6) is 0. The van der Waals surface area contributed by atoms with Gasteiger partial charge in [0.15, 0.2) is 0 Å². The zero-order chi connectivity index (χ0) is 9.80. The van der Waals surface area contributed by atoms with Crippen LogP contribution in [-0.2, 0) is 4.74 Å². The number of hydrogen-bond acceptors (Lipinski definition) is 3. The molecule has 1 saturated carbocycles. The first-order chi connectivity index (χ1) is 6.86. The Morgan fingerprint density at radius 3 is 2.43 bits per heavy atom. The molecule has 3 nitrogen and oxygen atoms in total. The molecule has 2 rings (SSSR count). The van der Waals surface area contributed by atoms with Gasteiger partial charge in [0.25, 0.3) is 0 Å². The van der Waals surface area contributed by atoms with Crippen LogP contribution in [0.5, 0.6) is 0 Å². The van der Waals surface area contributed by atoms with Gasteiger partial charge in [0.1, 0.15) is 0 Å². The highest BCUT2D eigenvalue weighted by atomic mass is 16.5. The van der Waals surface area contributed by atoms with E-state index in [1.807, 2.05) is 0 Å². The van der Waals surface area contributed by atoms with E-state index in [-0.39, 0.29) is 6.10 Å². The van der Waals surface area contributed by atoms with Crippen LogP contribution < -0.4 is 5.32 Å². The Hall–Kier alpha value is -0.120. The molecule has 82 valence electrons. The van der Waals surface area contributed by atoms with Crippen molar-refractivity contribution in [1.82, 2.24) is 5.32 Å². The smallest absolute Gasteiger partial charge is 0.0693 e. The fraction of sp³-hybridized carbons (Fsp3) is 1.00. The maximum absolute atomic E-state index is 9.81. The second-order valence-corrected chi connectivity index (χ2v) is 4.51. The minimum Gasteiger partial charge on any atom is -0.392 e. The Kier molecular flexibility index (Phi) is 3.79. The van der Waals surface area contributed by atoms with Crippen molar-refractivity contribution in [2.24, 2.45) is 0 Å². The summed E-state index contributed by atoms with van der Waals surface area (Å²) in [5, 5.41) is 13.4. The maximum atomic E-state index is 9.81. The van der Waals surface area contributed by atoms with Crippen molar-refractivity contribution >= 4 is 0 Å². The molecule has 1 aliphatic carbocycles. The third kappa shape index (κ3) is 2.69. The van der Waals surface area contributed by atoms with E-state index in [0.29, 0.717) is 12.1 Å². The second-order valence-electron chi connectivity index (χ2n) is 4.51. The number of aliphatic hydroxyl groups excluding tert-OH is 1. The minimum atomic E-state index is -0.119. The zero-order valence-corrected chi connectivity index (χ0v) is 8.74. The van der Waals surface area contributed by atoms with Crippen LogP contribution in [0.1, 0.15) is 38.5 Å². The number of aliphatic hydroxyl groups is 1. The van der Waals surface area contributed by atoms with Gasteiger partial charge >= 0.3 is 0 Å². The Bertz CT molecular complexity index is 169. The first-order valence-corrected chi connectivity index (χ1v) is 5.88. The van der Waals surface area contributed by atoms with Crippen LogP contribution in [0, 0.1) is 0 Å². The first-order valence-electron chi connectivity index (χ1n) is 5.88. The molecule has 0 spiro atoms. The van der Waals surface area contributed by atoms with Gasteiger partial charge in [0.05, 0.1) is 6.10 Å². The summed E-state index contributed by atoms with van der Waals surface area (Å²) in [4.78, 5) is 0. The molecule has 0 amide bonds. The van der Waals surface area contributed by atoms with Crippen molar-refractivity contribution in [1.29, 1.82) is 0 Å². The Labute approximate surface area is 85.8 Å². The lowest BCUT2D eigenvalue weighted by Gasteiger charge is -2.33. The van der Waals surface area contributed by atoms with E-state index in [4.69, 9.17) is 4.74 Å². The molecule has 2 aliphatic rings. The standard InChI is InChI=1S/C11H21NO2/c13-11-4-2-1-3-10(11)12-9-5-7-14-8-6-9/h9-13H,1-8H2. The van der Waals surface area contributed by atoms with Gasteiger partial charge in [0.2, 0.25) is 0 Å². The van der Waals surface area contributed by atoms with Crippen molar-refractivity contribution in [3.8, 4) is 0 Å². The molecule has 0 radical (unpaired) electrons. The Morgan fingerprint density at radius 1 is 1.00 bits per heavy atom. The van der Waals surface area contributed by atoms with Gasteiger partial charge in [-0.2, -0.15) is 0 Å². The zero-order valence-electron chi connectivity index (χ0n) is 8.74. The van der Waals surface area contributed by atoms with Crippen LogP contribution in [0.25, 0.3) is 0 Å². The van der Waals surface area contributed by atoms with Crippen LogP contribution in [0.3, 0.4) is 0 Å². The molecule has 1 aliphatic heterocycles. The molecule has 2 N–H and O–H groups in total. The van der Waals surface area contributed by atoms with E-state index in [1.54, 1.807) is 0 Å². The van der Waals surface area contributed by atoms with Crippen LogP contribution in [0.2, 0.25) is 0 Å². The van der Waals surface area contributed by atoms with Crippen LogP contribution in [-0.4, -0.2) is 36.5 Å². The van der Waals surface area contributed by atoms with E-state index >= 15 is 0 Å². The van der Waals surface area contributed by atoms with Gasteiger partial charge in [-0.05, 0) is 25.7 Å². The first kappa shape index (κ1) is 10.4. The Balaban J connectivity index is 1.76. The highest BCUT2D eigenvalue weighted by molar-refractivity contribution is 4.84. The van der Waals surface area contributed by atoms with Gasteiger partial charge in [-0.15, -0.1) is 0 Å². The third-order valence-corrected chi connectivity index (χ3v) is 3.40. The number of hydrogen-bond donors (Lipinski definition) is 2. The lowest BCUT2D eigenvalue weighted by molar-refractivity contribution is 0.0487. The largest absolute Gasteiger partial charge is 0.392 e. The van der Waals surface area contributed by atoms with Gasteiger partial charge in [-0.1, -0.05) is 12.8 Å². The van der Waals surface area contributed by atoms with E-state index < -0.39 is 0 Å². The maximum Gasteiger partial charge on any atom is 0.0693 e. The quantitative estimate of drug-likeness (QED) is 0.698. The topological polar surface area (TPSA) is 41.5 Å². The summed E-state index contributed by atoms with van der Waals surface area (Å²) in [6.07, 6.45) is 6.64. The fourth-order valence-corrected chi connectivity index (χ4v) is 2.47. The van der Waals surface area contributed by atoms with E-state index in [1.165, 1.54) is 12.8 Å². The molecule has 2 atom stereocenters. The summed E-state index contributed by atoms with van der Waals surface area (Å²) < 4.78 is 5.31. The average Bonchev–Trinajstić information content (AvgIpc) is 2.23. The molecule has 3 heteroatoms. The minimum absolute atomic E-state index is 0.119. The summed E-state index contributed by atoms with van der Waals surface area (Å²) in [5.41, 5.74) is 0. The van der Waals surface area contributed by atoms with Crippen molar-refractivity contribution in [2.75, 3.05) is 13.2 Å². The van der Waals surface area contributed by atoms with Gasteiger partial charge in [0, 0.05) is 25.3 Å². The molecule has 0 aromatic rings. The molecule has 0 aromatic carbocycles. The highest BCUT2D eigenvalue weighted by Crippen LogP contribution is 2.20. The van der Waals surface area contributed by atoms with Gasteiger partial charge in [-0.3, -0.25) is 0 Å². The van der Waals surface area contributed by atoms with E-state index in [2.05, 4.69) is 5.32 Å². The average molecular weight is 199 g/mol. The molecular weight excluding hydrogens is 178 g/mol.